The van der Waals surface area contributed by atoms with Crippen molar-refractivity contribution in [1.29, 1.82) is 0 Å². The van der Waals surface area contributed by atoms with Crippen LogP contribution >= 0.6 is 0 Å². The monoisotopic (exact) mass is 186 g/mol. The van der Waals surface area contributed by atoms with Crippen molar-refractivity contribution >= 4 is 5.97 Å². The summed E-state index contributed by atoms with van der Waals surface area (Å²) in [7, 11) is 0. The number of allylic oxidation sites excluding steroid dienone is 2. The molecule has 76 valence electrons. The second kappa shape index (κ2) is 7.76. The molecule has 4 nitrogen and oxygen atoms in total. The van der Waals surface area contributed by atoms with Crippen LogP contribution in [0.25, 0.3) is 0 Å². The number of unbranched alkanes of at least 4 members (excludes halogenated alkanes) is 1. The summed E-state index contributed by atoms with van der Waals surface area (Å²) in [6, 6.07) is -0.716. The summed E-state index contributed by atoms with van der Waals surface area (Å²) in [5.74, 6) is -0.933. The average molecular weight is 186 g/mol. The van der Waals surface area contributed by atoms with Crippen LogP contribution in [0.3, 0.4) is 0 Å². The number of carboxylic acid groups (broad SMARTS) is 1. The highest BCUT2D eigenvalue weighted by Gasteiger charge is 2.09. The number of aliphatic carboxylic acids is 1. The molecule has 1 rings (SSSR count). The smallest absolute Gasteiger partial charge is 0.320 e. The molecule has 1 aliphatic carbocycles. The molecule has 0 aromatic rings. The Morgan fingerprint density at radius 2 is 2.00 bits per heavy atom. The quantitative estimate of drug-likeness (QED) is 0.430. The second-order valence-electron chi connectivity index (χ2n) is 2.94. The zero-order chi connectivity index (χ0) is 10.1. The van der Waals surface area contributed by atoms with Gasteiger partial charge in [0.05, 0.1) is 0 Å². The first-order valence-corrected chi connectivity index (χ1v) is 4.52. The third kappa shape index (κ3) is 11.1. The molecule has 0 saturated carbocycles. The molecule has 0 aromatic carbocycles. The van der Waals surface area contributed by atoms with Crippen LogP contribution in [0.5, 0.6) is 0 Å². The van der Waals surface area contributed by atoms with Crippen molar-refractivity contribution < 1.29 is 9.90 Å². The van der Waals surface area contributed by atoms with Crippen molar-refractivity contribution in [3.63, 3.8) is 0 Å². The lowest BCUT2D eigenvalue weighted by Crippen LogP contribution is -2.29. The maximum Gasteiger partial charge on any atom is 0.320 e. The fourth-order valence-electron chi connectivity index (χ4n) is 0.632. The van der Waals surface area contributed by atoms with E-state index in [1.165, 1.54) is 6.42 Å². The van der Waals surface area contributed by atoms with Crippen LogP contribution in [0.4, 0.5) is 0 Å². The van der Waals surface area contributed by atoms with Crippen LogP contribution in [-0.4, -0.2) is 23.7 Å². The van der Waals surface area contributed by atoms with Gasteiger partial charge in [0.15, 0.2) is 0 Å². The summed E-state index contributed by atoms with van der Waals surface area (Å²) in [4.78, 5) is 10.1. The predicted molar refractivity (Wildman–Crippen MR) is 52.3 cm³/mol. The van der Waals surface area contributed by atoms with Gasteiger partial charge in [-0.05, 0) is 25.8 Å². The minimum atomic E-state index is -0.933. The lowest BCUT2D eigenvalue weighted by molar-refractivity contribution is -0.138. The minimum Gasteiger partial charge on any atom is -0.480 e. The van der Waals surface area contributed by atoms with Gasteiger partial charge in [-0.3, -0.25) is 4.79 Å². The third-order valence-corrected chi connectivity index (χ3v) is 1.52. The fraction of sp³-hybridized carbons (Fsp3) is 0.667. The van der Waals surface area contributed by atoms with Crippen LogP contribution in [0.2, 0.25) is 0 Å². The van der Waals surface area contributed by atoms with Gasteiger partial charge in [-0.2, -0.15) is 0 Å². The van der Waals surface area contributed by atoms with Gasteiger partial charge in [0, 0.05) is 0 Å². The van der Waals surface area contributed by atoms with Gasteiger partial charge in [-0.15, -0.1) is 0 Å². The maximum absolute atomic E-state index is 10.1. The Hall–Kier alpha value is -0.870. The summed E-state index contributed by atoms with van der Waals surface area (Å²) >= 11 is 0. The van der Waals surface area contributed by atoms with Gasteiger partial charge in [0.25, 0.3) is 0 Å². The molecule has 4 heteroatoms. The Morgan fingerprint density at radius 3 is 2.31 bits per heavy atom. The molecular weight excluding hydrogens is 168 g/mol. The molecule has 0 aliphatic heterocycles. The molecule has 0 spiro atoms. The van der Waals surface area contributed by atoms with E-state index in [2.05, 4.69) is 12.2 Å². The fourth-order valence-corrected chi connectivity index (χ4v) is 0.632. The molecule has 5 N–H and O–H groups in total. The van der Waals surface area contributed by atoms with Crippen molar-refractivity contribution in [2.75, 3.05) is 6.54 Å². The molecule has 0 aromatic heterocycles. The zero-order valence-electron chi connectivity index (χ0n) is 7.78. The van der Waals surface area contributed by atoms with E-state index >= 15 is 0 Å². The molecule has 0 radical (unpaired) electrons. The molecule has 0 saturated heterocycles. The number of hydrogen-bond acceptors (Lipinski definition) is 3. The van der Waals surface area contributed by atoms with Crippen LogP contribution in [-0.2, 0) is 4.79 Å². The standard InChI is InChI=1S/C6H14N2O2.C3H4/c7-4-2-1-3-5(8)6(9)10;1-2-3-1/h5H,1-4,7-8H2,(H,9,10);1-2H,3H2/t5-;/m0./s1. The zero-order valence-corrected chi connectivity index (χ0v) is 7.78. The second-order valence-corrected chi connectivity index (χ2v) is 2.94. The minimum absolute atomic E-state index is 0.520. The molecule has 1 aliphatic rings. The normalized spacial score (nSPS) is 14.3. The van der Waals surface area contributed by atoms with Crippen molar-refractivity contribution in [2.45, 2.75) is 31.7 Å². The molecule has 0 heterocycles. The van der Waals surface area contributed by atoms with Gasteiger partial charge < -0.3 is 16.6 Å². The third-order valence-electron chi connectivity index (χ3n) is 1.52. The van der Waals surface area contributed by atoms with Crippen molar-refractivity contribution in [2.24, 2.45) is 11.5 Å². The van der Waals surface area contributed by atoms with E-state index < -0.39 is 12.0 Å². The number of carbonyl (C=O) groups is 1. The highest BCUT2D eigenvalue weighted by Crippen LogP contribution is 1.97. The van der Waals surface area contributed by atoms with Crippen molar-refractivity contribution in [3.8, 4) is 0 Å². The first-order valence-electron chi connectivity index (χ1n) is 4.52. The van der Waals surface area contributed by atoms with E-state index in [1.54, 1.807) is 0 Å². The highest BCUT2D eigenvalue weighted by atomic mass is 16.4. The molecule has 0 fully saturated rings. The topological polar surface area (TPSA) is 89.3 Å². The van der Waals surface area contributed by atoms with Crippen LogP contribution in [0.15, 0.2) is 12.2 Å². The Kier molecular flexibility index (Phi) is 7.24. The maximum atomic E-state index is 10.1. The molecule has 0 unspecified atom stereocenters. The Bertz CT molecular complexity index is 165. The van der Waals surface area contributed by atoms with Crippen LogP contribution in [0, 0.1) is 0 Å². The Balaban J connectivity index is 0.000000396. The van der Waals surface area contributed by atoms with Crippen LogP contribution < -0.4 is 11.5 Å². The number of nitrogens with two attached hydrogens (primary N) is 2. The molecule has 0 bridgehead atoms. The lowest BCUT2D eigenvalue weighted by atomic mass is 10.1. The van der Waals surface area contributed by atoms with E-state index in [0.717, 1.165) is 12.8 Å². The summed E-state index contributed by atoms with van der Waals surface area (Å²) in [5.41, 5.74) is 10.4. The van der Waals surface area contributed by atoms with Crippen molar-refractivity contribution in [1.82, 2.24) is 0 Å². The number of hydrogen-bond donors (Lipinski definition) is 3. The summed E-state index contributed by atoms with van der Waals surface area (Å²) in [6.45, 7) is 0.604. The molecular formula is C9H18N2O2. The largest absolute Gasteiger partial charge is 0.480 e. The molecule has 13 heavy (non-hydrogen) atoms. The van der Waals surface area contributed by atoms with E-state index in [1.807, 2.05) is 0 Å². The predicted octanol–water partition coefficient (Wildman–Crippen LogP) is 0.474. The highest BCUT2D eigenvalue weighted by molar-refractivity contribution is 5.72. The molecule has 1 atom stereocenters. The van der Waals surface area contributed by atoms with Crippen molar-refractivity contribution in [3.05, 3.63) is 12.2 Å². The van der Waals surface area contributed by atoms with E-state index in [4.69, 9.17) is 16.6 Å². The van der Waals surface area contributed by atoms with Gasteiger partial charge >= 0.3 is 5.97 Å². The Morgan fingerprint density at radius 1 is 1.46 bits per heavy atom. The average Bonchev–Trinajstić information content (AvgIpc) is 2.90. The summed E-state index contributed by atoms with van der Waals surface area (Å²) in [6.07, 6.45) is 7.66. The SMILES string of the molecule is C1=CC1.NCCCC[C@H](N)C(=O)O. The lowest BCUT2D eigenvalue weighted by Gasteiger charge is -2.03. The summed E-state index contributed by atoms with van der Waals surface area (Å²) < 4.78 is 0. The van der Waals surface area contributed by atoms with Crippen LogP contribution in [0.1, 0.15) is 25.7 Å². The van der Waals surface area contributed by atoms with E-state index in [9.17, 15) is 4.79 Å². The van der Waals surface area contributed by atoms with Gasteiger partial charge in [-0.1, -0.05) is 18.6 Å². The van der Waals surface area contributed by atoms with Gasteiger partial charge in [0.1, 0.15) is 6.04 Å². The van der Waals surface area contributed by atoms with Gasteiger partial charge in [0.2, 0.25) is 0 Å². The van der Waals surface area contributed by atoms with E-state index in [-0.39, 0.29) is 0 Å². The Labute approximate surface area is 78.6 Å². The molecule has 0 amide bonds. The number of rotatable bonds is 5. The van der Waals surface area contributed by atoms with E-state index in [0.29, 0.717) is 13.0 Å². The number of carboxylic acids is 1. The first-order chi connectivity index (χ1) is 6.18. The summed E-state index contributed by atoms with van der Waals surface area (Å²) in [5, 5.41) is 8.33. The van der Waals surface area contributed by atoms with Gasteiger partial charge in [-0.25, -0.2) is 0 Å². The first kappa shape index (κ1) is 12.1.